The highest BCUT2D eigenvalue weighted by Crippen LogP contribution is 2.23. The van der Waals surface area contributed by atoms with Crippen molar-refractivity contribution in [1.82, 2.24) is 10.3 Å². The predicted octanol–water partition coefficient (Wildman–Crippen LogP) is 3.17. The molecule has 0 saturated heterocycles. The summed E-state index contributed by atoms with van der Waals surface area (Å²) in [6, 6.07) is 10.2. The van der Waals surface area contributed by atoms with Gasteiger partial charge in [-0.3, -0.25) is 0 Å². The second-order valence-electron chi connectivity index (χ2n) is 5.76. The van der Waals surface area contributed by atoms with Gasteiger partial charge in [-0.05, 0) is 32.9 Å². The Morgan fingerprint density at radius 2 is 1.95 bits per heavy atom. The maximum Gasteiger partial charge on any atom is 0.145 e. The number of methoxy groups -OCH3 is 1. The van der Waals surface area contributed by atoms with Crippen LogP contribution in [0.25, 0.3) is 10.9 Å². The van der Waals surface area contributed by atoms with Crippen LogP contribution in [-0.2, 0) is 6.42 Å². The van der Waals surface area contributed by atoms with E-state index in [1.54, 1.807) is 7.11 Å². The molecule has 3 nitrogen and oxygen atoms in total. The van der Waals surface area contributed by atoms with Crippen molar-refractivity contribution < 1.29 is 4.74 Å². The molecule has 0 saturated carbocycles. The van der Waals surface area contributed by atoms with Gasteiger partial charge in [0.15, 0.2) is 0 Å². The normalized spacial score (nSPS) is 11.8. The number of hydrogen-bond acceptors (Lipinski definition) is 3. The Morgan fingerprint density at radius 3 is 2.63 bits per heavy atom. The van der Waals surface area contributed by atoms with E-state index in [9.17, 15) is 0 Å². The molecule has 0 aliphatic rings. The number of ether oxygens (including phenoxy) is 1. The fourth-order valence-corrected chi connectivity index (χ4v) is 2.03. The van der Waals surface area contributed by atoms with Crippen molar-refractivity contribution in [2.45, 2.75) is 32.7 Å². The van der Waals surface area contributed by atoms with Gasteiger partial charge in [-0.2, -0.15) is 0 Å². The Kier molecular flexibility index (Phi) is 4.05. The summed E-state index contributed by atoms with van der Waals surface area (Å²) >= 11 is 0. The maximum atomic E-state index is 5.36. The number of para-hydroxylation sites is 1. The summed E-state index contributed by atoms with van der Waals surface area (Å²) in [4.78, 5) is 4.70. The Hall–Kier alpha value is -1.61. The third kappa shape index (κ3) is 3.67. The van der Waals surface area contributed by atoms with Crippen molar-refractivity contribution >= 4 is 10.9 Å². The maximum absolute atomic E-state index is 5.36. The van der Waals surface area contributed by atoms with Crippen LogP contribution in [0.2, 0.25) is 0 Å². The number of hydrogen-bond donors (Lipinski definition) is 1. The first-order chi connectivity index (χ1) is 8.99. The van der Waals surface area contributed by atoms with Gasteiger partial charge in [0.05, 0.1) is 7.11 Å². The summed E-state index contributed by atoms with van der Waals surface area (Å²) in [6.07, 6.45) is 0.922. The van der Waals surface area contributed by atoms with E-state index in [1.165, 1.54) is 0 Å². The van der Waals surface area contributed by atoms with Gasteiger partial charge in [-0.25, -0.2) is 4.98 Å². The smallest absolute Gasteiger partial charge is 0.145 e. The second-order valence-corrected chi connectivity index (χ2v) is 5.76. The summed E-state index contributed by atoms with van der Waals surface area (Å²) in [6.45, 7) is 7.44. The molecule has 0 spiro atoms. The highest BCUT2D eigenvalue weighted by molar-refractivity contribution is 5.84. The molecule has 0 unspecified atom stereocenters. The molecule has 1 aromatic carbocycles. The first-order valence-corrected chi connectivity index (χ1v) is 6.67. The van der Waals surface area contributed by atoms with Crippen LogP contribution in [0, 0.1) is 0 Å². The average molecular weight is 258 g/mol. The Balaban J connectivity index is 2.17. The van der Waals surface area contributed by atoms with Crippen LogP contribution in [0.3, 0.4) is 0 Å². The van der Waals surface area contributed by atoms with Crippen LogP contribution in [0.1, 0.15) is 26.5 Å². The summed E-state index contributed by atoms with van der Waals surface area (Å²) in [5.74, 6) is 0.836. The van der Waals surface area contributed by atoms with Gasteiger partial charge in [0.2, 0.25) is 0 Å². The Bertz CT molecular complexity index is 558. The first kappa shape index (κ1) is 13.8. The van der Waals surface area contributed by atoms with Gasteiger partial charge in [-0.15, -0.1) is 0 Å². The molecule has 2 aromatic rings. The van der Waals surface area contributed by atoms with Gasteiger partial charge in [0, 0.05) is 29.6 Å². The van der Waals surface area contributed by atoms with Crippen LogP contribution in [0.4, 0.5) is 0 Å². The Labute approximate surface area is 115 Å². The third-order valence-corrected chi connectivity index (χ3v) is 3.00. The summed E-state index contributed by atoms with van der Waals surface area (Å²) in [5, 5.41) is 4.59. The summed E-state index contributed by atoms with van der Waals surface area (Å²) in [5.41, 5.74) is 2.18. The van der Waals surface area contributed by atoms with Crippen molar-refractivity contribution in [3.05, 3.63) is 36.0 Å². The molecule has 0 fully saturated rings. The second kappa shape index (κ2) is 5.57. The molecule has 0 bridgehead atoms. The predicted molar refractivity (Wildman–Crippen MR) is 79.8 cm³/mol. The van der Waals surface area contributed by atoms with E-state index in [4.69, 9.17) is 9.72 Å². The van der Waals surface area contributed by atoms with E-state index in [2.05, 4.69) is 44.3 Å². The third-order valence-electron chi connectivity index (χ3n) is 3.00. The fraction of sp³-hybridized carbons (Fsp3) is 0.438. The molecule has 0 radical (unpaired) electrons. The highest BCUT2D eigenvalue weighted by Gasteiger charge is 2.09. The van der Waals surface area contributed by atoms with E-state index in [-0.39, 0.29) is 5.54 Å². The molecule has 0 amide bonds. The quantitative estimate of drug-likeness (QED) is 0.914. The van der Waals surface area contributed by atoms with Crippen LogP contribution in [0.5, 0.6) is 5.75 Å². The lowest BCUT2D eigenvalue weighted by Gasteiger charge is -2.20. The van der Waals surface area contributed by atoms with Crippen LogP contribution in [-0.4, -0.2) is 24.2 Å². The number of benzene rings is 1. The number of rotatable bonds is 4. The van der Waals surface area contributed by atoms with E-state index >= 15 is 0 Å². The van der Waals surface area contributed by atoms with Gasteiger partial charge in [0.1, 0.15) is 11.3 Å². The lowest BCUT2D eigenvalue weighted by Crippen LogP contribution is -2.37. The van der Waals surface area contributed by atoms with Crippen molar-refractivity contribution in [1.29, 1.82) is 0 Å². The molecule has 102 valence electrons. The highest BCUT2D eigenvalue weighted by atomic mass is 16.5. The van der Waals surface area contributed by atoms with Crippen LogP contribution >= 0.6 is 0 Å². The minimum atomic E-state index is 0.147. The zero-order chi connectivity index (χ0) is 13.9. The number of fused-ring (bicyclic) bond motifs is 1. The molecule has 0 atom stereocenters. The standard InChI is InChI=1S/C16H22N2O/c1-16(2,3)17-11-10-13-9-8-12-6-5-7-14(19-4)15(12)18-13/h5-9,17H,10-11H2,1-4H3. The van der Waals surface area contributed by atoms with Gasteiger partial charge in [-0.1, -0.05) is 18.2 Å². The summed E-state index contributed by atoms with van der Waals surface area (Å²) < 4.78 is 5.36. The van der Waals surface area contributed by atoms with E-state index in [1.807, 2.05) is 12.1 Å². The molecule has 0 aliphatic carbocycles. The zero-order valence-electron chi connectivity index (χ0n) is 12.2. The molecule has 1 N–H and O–H groups in total. The molecule has 1 aromatic heterocycles. The van der Waals surface area contributed by atoms with Crippen molar-refractivity contribution in [3.8, 4) is 5.75 Å². The minimum absolute atomic E-state index is 0.147. The molecular weight excluding hydrogens is 236 g/mol. The van der Waals surface area contributed by atoms with Crippen LogP contribution < -0.4 is 10.1 Å². The average Bonchev–Trinajstić information content (AvgIpc) is 2.36. The summed E-state index contributed by atoms with van der Waals surface area (Å²) in [7, 11) is 1.68. The lowest BCUT2D eigenvalue weighted by molar-refractivity contribution is 0.418. The van der Waals surface area contributed by atoms with Gasteiger partial charge in [0.25, 0.3) is 0 Å². The molecule has 3 heteroatoms. The largest absolute Gasteiger partial charge is 0.494 e. The van der Waals surface area contributed by atoms with Crippen molar-refractivity contribution in [2.75, 3.05) is 13.7 Å². The number of nitrogens with one attached hydrogen (secondary N) is 1. The number of nitrogens with zero attached hydrogens (tertiary/aromatic N) is 1. The van der Waals surface area contributed by atoms with Crippen molar-refractivity contribution in [3.63, 3.8) is 0 Å². The number of pyridine rings is 1. The van der Waals surface area contributed by atoms with Crippen molar-refractivity contribution in [2.24, 2.45) is 0 Å². The minimum Gasteiger partial charge on any atom is -0.494 e. The first-order valence-electron chi connectivity index (χ1n) is 6.67. The lowest BCUT2D eigenvalue weighted by atomic mass is 10.1. The monoisotopic (exact) mass is 258 g/mol. The molecule has 0 aliphatic heterocycles. The van der Waals surface area contributed by atoms with E-state index in [0.717, 1.165) is 35.3 Å². The SMILES string of the molecule is COc1cccc2ccc(CCNC(C)(C)C)nc12. The molecule has 19 heavy (non-hydrogen) atoms. The van der Waals surface area contributed by atoms with Gasteiger partial charge >= 0.3 is 0 Å². The van der Waals surface area contributed by atoms with E-state index in [0.29, 0.717) is 0 Å². The van der Waals surface area contributed by atoms with E-state index < -0.39 is 0 Å². The topological polar surface area (TPSA) is 34.1 Å². The fourth-order valence-electron chi connectivity index (χ4n) is 2.03. The molecular formula is C16H22N2O. The molecule has 1 heterocycles. The molecule has 2 rings (SSSR count). The van der Waals surface area contributed by atoms with Crippen LogP contribution in [0.15, 0.2) is 30.3 Å². The van der Waals surface area contributed by atoms with Gasteiger partial charge < -0.3 is 10.1 Å². The zero-order valence-corrected chi connectivity index (χ0v) is 12.2. The Morgan fingerprint density at radius 1 is 1.16 bits per heavy atom. The number of aromatic nitrogens is 1.